The van der Waals surface area contributed by atoms with E-state index in [1.807, 2.05) is 35.0 Å². The topological polar surface area (TPSA) is 68.2 Å². The number of carbonyl (C=O) groups is 1. The first kappa shape index (κ1) is 13.5. The number of nitrogens with one attached hydrogen (secondary N) is 2. The van der Waals surface area contributed by atoms with E-state index in [0.717, 1.165) is 25.2 Å². The Kier molecular flexibility index (Phi) is 3.20. The number of amides is 1. The SMILES string of the molecule is O=C(NC1COC2(CNC2)C1)c1ccc(-n2ccnc2)cc1. The zero-order valence-corrected chi connectivity index (χ0v) is 12.2. The van der Waals surface area contributed by atoms with Gasteiger partial charge < -0.3 is 19.9 Å². The fourth-order valence-corrected chi connectivity index (χ4v) is 3.05. The lowest BCUT2D eigenvalue weighted by Crippen LogP contribution is -2.59. The Bertz CT molecular complexity index is 662. The van der Waals surface area contributed by atoms with Gasteiger partial charge in [0.1, 0.15) is 0 Å². The Hall–Kier alpha value is -2.18. The summed E-state index contributed by atoms with van der Waals surface area (Å²) in [5, 5.41) is 6.29. The van der Waals surface area contributed by atoms with Crippen molar-refractivity contribution in [1.82, 2.24) is 20.2 Å². The quantitative estimate of drug-likeness (QED) is 0.877. The molecule has 6 nitrogen and oxygen atoms in total. The number of ether oxygens (including phenoxy) is 1. The van der Waals surface area contributed by atoms with Gasteiger partial charge in [0.25, 0.3) is 5.91 Å². The highest BCUT2D eigenvalue weighted by Crippen LogP contribution is 2.29. The molecule has 114 valence electrons. The summed E-state index contributed by atoms with van der Waals surface area (Å²) in [4.78, 5) is 16.3. The van der Waals surface area contributed by atoms with E-state index in [9.17, 15) is 4.79 Å². The third kappa shape index (κ3) is 2.40. The van der Waals surface area contributed by atoms with Crippen LogP contribution in [-0.4, -0.2) is 46.8 Å². The predicted octanol–water partition coefficient (Wildman–Crippen LogP) is 0.733. The minimum absolute atomic E-state index is 0.0385. The maximum atomic E-state index is 12.3. The van der Waals surface area contributed by atoms with Crippen molar-refractivity contribution in [2.24, 2.45) is 0 Å². The molecule has 2 fully saturated rings. The number of benzene rings is 1. The molecule has 1 aromatic heterocycles. The van der Waals surface area contributed by atoms with Crippen molar-refractivity contribution in [2.45, 2.75) is 18.1 Å². The number of aromatic nitrogens is 2. The second-order valence-corrected chi connectivity index (χ2v) is 5.99. The number of imidazole rings is 1. The van der Waals surface area contributed by atoms with E-state index in [-0.39, 0.29) is 17.6 Å². The summed E-state index contributed by atoms with van der Waals surface area (Å²) in [5.41, 5.74) is 1.61. The molecule has 1 amide bonds. The van der Waals surface area contributed by atoms with Gasteiger partial charge in [-0.15, -0.1) is 0 Å². The Balaban J connectivity index is 1.40. The van der Waals surface area contributed by atoms with Gasteiger partial charge in [0.2, 0.25) is 0 Å². The highest BCUT2D eigenvalue weighted by atomic mass is 16.5. The molecule has 1 atom stereocenters. The van der Waals surface area contributed by atoms with E-state index in [0.29, 0.717) is 12.2 Å². The third-order valence-corrected chi connectivity index (χ3v) is 4.37. The summed E-state index contributed by atoms with van der Waals surface area (Å²) in [6.45, 7) is 2.37. The molecule has 2 aliphatic heterocycles. The lowest BCUT2D eigenvalue weighted by atomic mass is 9.92. The second-order valence-electron chi connectivity index (χ2n) is 5.99. The molecule has 2 saturated heterocycles. The lowest BCUT2D eigenvalue weighted by molar-refractivity contribution is -0.0360. The van der Waals surface area contributed by atoms with Crippen LogP contribution in [0.4, 0.5) is 0 Å². The van der Waals surface area contributed by atoms with Gasteiger partial charge in [0.05, 0.1) is 24.6 Å². The Morgan fingerprint density at radius 1 is 1.36 bits per heavy atom. The maximum Gasteiger partial charge on any atom is 0.251 e. The van der Waals surface area contributed by atoms with Crippen LogP contribution in [0.2, 0.25) is 0 Å². The fourth-order valence-electron chi connectivity index (χ4n) is 3.05. The van der Waals surface area contributed by atoms with E-state index in [4.69, 9.17) is 4.74 Å². The van der Waals surface area contributed by atoms with Crippen LogP contribution in [0.3, 0.4) is 0 Å². The van der Waals surface area contributed by atoms with E-state index in [1.165, 1.54) is 0 Å². The smallest absolute Gasteiger partial charge is 0.251 e. The number of carbonyl (C=O) groups excluding carboxylic acids is 1. The summed E-state index contributed by atoms with van der Waals surface area (Å²) in [6, 6.07) is 7.60. The largest absolute Gasteiger partial charge is 0.370 e. The molecule has 1 spiro atoms. The van der Waals surface area contributed by atoms with Crippen molar-refractivity contribution in [3.8, 4) is 5.69 Å². The Labute approximate surface area is 128 Å². The zero-order chi connectivity index (χ0) is 15.0. The van der Waals surface area contributed by atoms with Crippen LogP contribution in [0.15, 0.2) is 43.0 Å². The highest BCUT2D eigenvalue weighted by Gasteiger charge is 2.45. The molecule has 1 unspecified atom stereocenters. The predicted molar refractivity (Wildman–Crippen MR) is 81.0 cm³/mol. The van der Waals surface area contributed by atoms with Crippen LogP contribution < -0.4 is 10.6 Å². The molecule has 2 aliphatic rings. The van der Waals surface area contributed by atoms with Crippen LogP contribution in [0.25, 0.3) is 5.69 Å². The molecule has 0 aliphatic carbocycles. The molecule has 4 rings (SSSR count). The fraction of sp³-hybridized carbons (Fsp3) is 0.375. The van der Waals surface area contributed by atoms with Crippen LogP contribution >= 0.6 is 0 Å². The minimum atomic E-state index is -0.0462. The first-order valence-corrected chi connectivity index (χ1v) is 7.48. The molecule has 2 aromatic rings. The van der Waals surface area contributed by atoms with Crippen molar-refractivity contribution < 1.29 is 9.53 Å². The molecule has 0 saturated carbocycles. The molecular weight excluding hydrogens is 280 g/mol. The van der Waals surface area contributed by atoms with Crippen LogP contribution in [0, 0.1) is 0 Å². The Morgan fingerprint density at radius 2 is 2.18 bits per heavy atom. The van der Waals surface area contributed by atoms with Crippen molar-refractivity contribution in [3.63, 3.8) is 0 Å². The number of nitrogens with zero attached hydrogens (tertiary/aromatic N) is 2. The summed E-state index contributed by atoms with van der Waals surface area (Å²) in [6.07, 6.45) is 6.22. The van der Waals surface area contributed by atoms with Gasteiger partial charge in [0.15, 0.2) is 0 Å². The molecule has 6 heteroatoms. The first-order chi connectivity index (χ1) is 10.7. The summed E-state index contributed by atoms with van der Waals surface area (Å²) in [5.74, 6) is -0.0462. The second kappa shape index (κ2) is 5.23. The molecule has 0 bridgehead atoms. The molecule has 1 aromatic carbocycles. The molecule has 0 radical (unpaired) electrons. The average Bonchev–Trinajstić information content (AvgIpc) is 3.16. The summed E-state index contributed by atoms with van der Waals surface area (Å²) in [7, 11) is 0. The van der Waals surface area contributed by atoms with E-state index >= 15 is 0 Å². The lowest BCUT2D eigenvalue weighted by Gasteiger charge is -2.38. The number of hydrogen-bond acceptors (Lipinski definition) is 4. The number of rotatable bonds is 3. The van der Waals surface area contributed by atoms with Crippen LogP contribution in [-0.2, 0) is 4.74 Å². The van der Waals surface area contributed by atoms with Crippen LogP contribution in [0.5, 0.6) is 0 Å². The minimum Gasteiger partial charge on any atom is -0.370 e. The van der Waals surface area contributed by atoms with Gasteiger partial charge in [0, 0.05) is 43.2 Å². The van der Waals surface area contributed by atoms with E-state index in [1.54, 1.807) is 12.5 Å². The van der Waals surface area contributed by atoms with E-state index in [2.05, 4.69) is 15.6 Å². The van der Waals surface area contributed by atoms with Crippen molar-refractivity contribution in [3.05, 3.63) is 48.5 Å². The third-order valence-electron chi connectivity index (χ3n) is 4.37. The van der Waals surface area contributed by atoms with Gasteiger partial charge in [-0.3, -0.25) is 4.79 Å². The van der Waals surface area contributed by atoms with Crippen molar-refractivity contribution in [1.29, 1.82) is 0 Å². The van der Waals surface area contributed by atoms with Gasteiger partial charge in [-0.2, -0.15) is 0 Å². The van der Waals surface area contributed by atoms with E-state index < -0.39 is 0 Å². The molecule has 3 heterocycles. The zero-order valence-electron chi connectivity index (χ0n) is 12.2. The number of hydrogen-bond donors (Lipinski definition) is 2. The standard InChI is InChI=1S/C16H18N4O2/c21-15(19-13-7-16(22-8-13)9-18-10-16)12-1-3-14(4-2-12)20-6-5-17-11-20/h1-6,11,13,18H,7-10H2,(H,19,21). The van der Waals surface area contributed by atoms with Gasteiger partial charge in [-0.05, 0) is 24.3 Å². The van der Waals surface area contributed by atoms with Crippen molar-refractivity contribution >= 4 is 5.91 Å². The Morgan fingerprint density at radius 3 is 2.77 bits per heavy atom. The summed E-state index contributed by atoms with van der Waals surface area (Å²) >= 11 is 0. The molecule has 2 N–H and O–H groups in total. The maximum absolute atomic E-state index is 12.3. The van der Waals surface area contributed by atoms with Crippen molar-refractivity contribution in [2.75, 3.05) is 19.7 Å². The average molecular weight is 298 g/mol. The highest BCUT2D eigenvalue weighted by molar-refractivity contribution is 5.94. The van der Waals surface area contributed by atoms with Gasteiger partial charge in [-0.25, -0.2) is 4.98 Å². The monoisotopic (exact) mass is 298 g/mol. The van der Waals surface area contributed by atoms with Gasteiger partial charge >= 0.3 is 0 Å². The summed E-state index contributed by atoms with van der Waals surface area (Å²) < 4.78 is 7.71. The molecular formula is C16H18N4O2. The molecule has 22 heavy (non-hydrogen) atoms. The normalized spacial score (nSPS) is 22.5. The first-order valence-electron chi connectivity index (χ1n) is 7.48. The van der Waals surface area contributed by atoms with Gasteiger partial charge in [-0.1, -0.05) is 0 Å². The van der Waals surface area contributed by atoms with Crippen LogP contribution in [0.1, 0.15) is 16.8 Å².